The van der Waals surface area contributed by atoms with E-state index in [0.717, 1.165) is 38.5 Å². The lowest BCUT2D eigenvalue weighted by atomic mass is 10.3. The average Bonchev–Trinajstić information content (AvgIpc) is 2.70. The van der Waals surface area contributed by atoms with Crippen LogP contribution in [0.4, 0.5) is 0 Å². The number of rotatable bonds is 7. The van der Waals surface area contributed by atoms with Gasteiger partial charge >= 0.3 is 0 Å². The molecule has 90 valence electrons. The fraction of sp³-hybridized carbons (Fsp3) is 1.00. The summed E-state index contributed by atoms with van der Waals surface area (Å²) in [5.74, 6) is 0. The molecule has 0 radical (unpaired) electrons. The molecule has 1 saturated carbocycles. The molecule has 0 saturated heterocycles. The van der Waals surface area contributed by atoms with Gasteiger partial charge in [-0.2, -0.15) is 0 Å². The largest absolute Gasteiger partial charge is 0.385 e. The van der Waals surface area contributed by atoms with Crippen molar-refractivity contribution in [1.82, 2.24) is 4.72 Å². The molecule has 0 spiro atoms. The van der Waals surface area contributed by atoms with Crippen LogP contribution < -0.4 is 4.72 Å². The fourth-order valence-corrected chi connectivity index (χ4v) is 3.52. The minimum absolute atomic E-state index is 0.139. The van der Waals surface area contributed by atoms with E-state index in [9.17, 15) is 8.42 Å². The van der Waals surface area contributed by atoms with Crippen molar-refractivity contribution in [2.75, 3.05) is 20.3 Å². The van der Waals surface area contributed by atoms with Crippen LogP contribution in [0.2, 0.25) is 0 Å². The number of hydrogen-bond acceptors (Lipinski definition) is 3. The highest BCUT2D eigenvalue weighted by molar-refractivity contribution is 7.90. The summed E-state index contributed by atoms with van der Waals surface area (Å²) in [5, 5.41) is -0.139. The first-order valence-electron chi connectivity index (χ1n) is 5.64. The standard InChI is InChI=1S/C10H21NO3S/c1-14-9-5-4-8-11-15(12,13)10-6-2-3-7-10/h10-11H,2-9H2,1H3. The van der Waals surface area contributed by atoms with Crippen LogP contribution in [0.15, 0.2) is 0 Å². The monoisotopic (exact) mass is 235 g/mol. The molecule has 0 aromatic heterocycles. The lowest BCUT2D eigenvalue weighted by Gasteiger charge is -2.11. The normalized spacial score (nSPS) is 18.5. The van der Waals surface area contributed by atoms with Crippen molar-refractivity contribution in [3.8, 4) is 0 Å². The van der Waals surface area contributed by atoms with E-state index in [1.165, 1.54) is 0 Å². The Labute approximate surface area is 92.4 Å². The van der Waals surface area contributed by atoms with E-state index in [4.69, 9.17) is 4.74 Å². The molecule has 0 aromatic carbocycles. The van der Waals surface area contributed by atoms with Gasteiger partial charge in [0.05, 0.1) is 5.25 Å². The average molecular weight is 235 g/mol. The number of ether oxygens (including phenoxy) is 1. The maximum atomic E-state index is 11.7. The fourth-order valence-electron chi connectivity index (χ4n) is 1.90. The molecule has 0 heterocycles. The molecule has 1 aliphatic rings. The summed E-state index contributed by atoms with van der Waals surface area (Å²) in [7, 11) is -1.38. The molecule has 0 aliphatic heterocycles. The van der Waals surface area contributed by atoms with Gasteiger partial charge < -0.3 is 4.74 Å². The highest BCUT2D eigenvalue weighted by Crippen LogP contribution is 2.23. The Bertz CT molecular complexity index is 258. The zero-order chi connectivity index (χ0) is 11.1. The quantitative estimate of drug-likeness (QED) is 0.676. The molecule has 0 atom stereocenters. The Morgan fingerprint density at radius 3 is 2.53 bits per heavy atom. The highest BCUT2D eigenvalue weighted by atomic mass is 32.2. The second-order valence-electron chi connectivity index (χ2n) is 4.05. The van der Waals surface area contributed by atoms with Crippen molar-refractivity contribution < 1.29 is 13.2 Å². The third-order valence-electron chi connectivity index (χ3n) is 2.82. The number of hydrogen-bond donors (Lipinski definition) is 1. The number of methoxy groups -OCH3 is 1. The summed E-state index contributed by atoms with van der Waals surface area (Å²) >= 11 is 0. The predicted molar refractivity (Wildman–Crippen MR) is 60.3 cm³/mol. The first kappa shape index (κ1) is 12.9. The number of sulfonamides is 1. The summed E-state index contributed by atoms with van der Waals surface area (Å²) in [6.07, 6.45) is 5.51. The zero-order valence-electron chi connectivity index (χ0n) is 9.37. The summed E-state index contributed by atoms with van der Waals surface area (Å²) in [4.78, 5) is 0. The Balaban J connectivity index is 2.18. The van der Waals surface area contributed by atoms with E-state index >= 15 is 0 Å². The van der Waals surface area contributed by atoms with E-state index < -0.39 is 10.0 Å². The van der Waals surface area contributed by atoms with E-state index in [0.29, 0.717) is 13.2 Å². The molecule has 15 heavy (non-hydrogen) atoms. The van der Waals surface area contributed by atoms with Gasteiger partial charge in [0.2, 0.25) is 10.0 Å². The van der Waals surface area contributed by atoms with E-state index in [-0.39, 0.29) is 5.25 Å². The van der Waals surface area contributed by atoms with Crippen molar-refractivity contribution in [3.63, 3.8) is 0 Å². The Morgan fingerprint density at radius 2 is 1.93 bits per heavy atom. The van der Waals surface area contributed by atoms with Crippen LogP contribution >= 0.6 is 0 Å². The van der Waals surface area contributed by atoms with Crippen molar-refractivity contribution >= 4 is 10.0 Å². The minimum Gasteiger partial charge on any atom is -0.385 e. The van der Waals surface area contributed by atoms with Crippen molar-refractivity contribution in [1.29, 1.82) is 0 Å². The third-order valence-corrected chi connectivity index (χ3v) is 4.78. The van der Waals surface area contributed by atoms with Crippen molar-refractivity contribution in [2.24, 2.45) is 0 Å². The van der Waals surface area contributed by atoms with Crippen molar-refractivity contribution in [2.45, 2.75) is 43.8 Å². The molecule has 1 rings (SSSR count). The van der Waals surface area contributed by atoms with Gasteiger partial charge in [-0.05, 0) is 25.7 Å². The van der Waals surface area contributed by atoms with Gasteiger partial charge in [0, 0.05) is 20.3 Å². The van der Waals surface area contributed by atoms with Gasteiger partial charge in [-0.1, -0.05) is 12.8 Å². The van der Waals surface area contributed by atoms with Gasteiger partial charge in [0.15, 0.2) is 0 Å². The SMILES string of the molecule is COCCCCNS(=O)(=O)C1CCCC1. The van der Waals surface area contributed by atoms with E-state index in [1.54, 1.807) is 7.11 Å². The molecular weight excluding hydrogens is 214 g/mol. The lowest BCUT2D eigenvalue weighted by molar-refractivity contribution is 0.193. The topological polar surface area (TPSA) is 55.4 Å². The predicted octanol–water partition coefficient (Wildman–Crippen LogP) is 1.27. The molecule has 1 fully saturated rings. The van der Waals surface area contributed by atoms with Crippen LogP contribution in [0.3, 0.4) is 0 Å². The van der Waals surface area contributed by atoms with Crippen LogP contribution in [0.25, 0.3) is 0 Å². The van der Waals surface area contributed by atoms with E-state index in [2.05, 4.69) is 4.72 Å². The Hall–Kier alpha value is -0.130. The van der Waals surface area contributed by atoms with Gasteiger partial charge in [0.1, 0.15) is 0 Å². The molecule has 4 nitrogen and oxygen atoms in total. The van der Waals surface area contributed by atoms with Crippen LogP contribution in [0, 0.1) is 0 Å². The molecule has 5 heteroatoms. The Morgan fingerprint density at radius 1 is 1.27 bits per heavy atom. The van der Waals surface area contributed by atoms with Crippen LogP contribution in [0.5, 0.6) is 0 Å². The molecule has 1 aliphatic carbocycles. The maximum Gasteiger partial charge on any atom is 0.214 e. The van der Waals surface area contributed by atoms with Crippen molar-refractivity contribution in [3.05, 3.63) is 0 Å². The second kappa shape index (κ2) is 6.45. The third kappa shape index (κ3) is 4.49. The molecule has 0 unspecified atom stereocenters. The molecule has 0 aromatic rings. The maximum absolute atomic E-state index is 11.7. The summed E-state index contributed by atoms with van der Waals surface area (Å²) < 4.78 is 31.0. The zero-order valence-corrected chi connectivity index (χ0v) is 10.2. The summed E-state index contributed by atoms with van der Waals surface area (Å²) in [5.41, 5.74) is 0. The first-order chi connectivity index (χ1) is 7.17. The minimum atomic E-state index is -3.04. The summed E-state index contributed by atoms with van der Waals surface area (Å²) in [6.45, 7) is 1.24. The summed E-state index contributed by atoms with van der Waals surface area (Å²) in [6, 6.07) is 0. The second-order valence-corrected chi connectivity index (χ2v) is 6.09. The van der Waals surface area contributed by atoms with Crippen LogP contribution in [0.1, 0.15) is 38.5 Å². The Kier molecular flexibility index (Phi) is 5.56. The lowest BCUT2D eigenvalue weighted by Crippen LogP contribution is -2.33. The van der Waals surface area contributed by atoms with Gasteiger partial charge in [-0.3, -0.25) is 0 Å². The number of nitrogens with one attached hydrogen (secondary N) is 1. The van der Waals surface area contributed by atoms with Gasteiger partial charge in [0.25, 0.3) is 0 Å². The van der Waals surface area contributed by atoms with E-state index in [1.807, 2.05) is 0 Å². The van der Waals surface area contributed by atoms with Gasteiger partial charge in [-0.25, -0.2) is 13.1 Å². The molecule has 1 N–H and O–H groups in total. The first-order valence-corrected chi connectivity index (χ1v) is 7.19. The van der Waals surface area contributed by atoms with Crippen LogP contribution in [-0.4, -0.2) is 33.9 Å². The molecule has 0 bridgehead atoms. The van der Waals surface area contributed by atoms with Crippen LogP contribution in [-0.2, 0) is 14.8 Å². The molecule has 0 amide bonds. The number of unbranched alkanes of at least 4 members (excludes halogenated alkanes) is 1. The molecular formula is C10H21NO3S. The smallest absolute Gasteiger partial charge is 0.214 e. The highest BCUT2D eigenvalue weighted by Gasteiger charge is 2.27. The van der Waals surface area contributed by atoms with Gasteiger partial charge in [-0.15, -0.1) is 0 Å².